The minimum Gasteiger partial charge on any atom is -0.455 e. The number of esters is 3. The number of rotatable bonds is 11. The van der Waals surface area contributed by atoms with Crippen LogP contribution in [0.25, 0.3) is 0 Å². The van der Waals surface area contributed by atoms with Crippen LogP contribution in [0.4, 0.5) is 0 Å². The van der Waals surface area contributed by atoms with E-state index in [2.05, 4.69) is 37.9 Å². The smallest absolute Gasteiger partial charge is 0.390 e. The van der Waals surface area contributed by atoms with Gasteiger partial charge in [-0.1, -0.05) is 0 Å². The van der Waals surface area contributed by atoms with Gasteiger partial charge in [-0.15, -0.1) is 0 Å². The van der Waals surface area contributed by atoms with Gasteiger partial charge in [0.1, 0.15) is 0 Å². The summed E-state index contributed by atoms with van der Waals surface area (Å²) in [6.45, 7) is -1.04. The van der Waals surface area contributed by atoms with Crippen molar-refractivity contribution in [2.24, 2.45) is 0 Å². The van der Waals surface area contributed by atoms with Crippen LogP contribution in [0, 0.1) is 0 Å². The van der Waals surface area contributed by atoms with Crippen molar-refractivity contribution in [3.63, 3.8) is 0 Å². The first-order valence-corrected chi connectivity index (χ1v) is 9.97. The van der Waals surface area contributed by atoms with E-state index in [1.54, 1.807) is 9.97 Å². The Kier molecular flexibility index (Phi) is 10.1. The summed E-state index contributed by atoms with van der Waals surface area (Å²) >= 11 is 11.6. The largest absolute Gasteiger partial charge is 0.455 e. The van der Waals surface area contributed by atoms with Crippen molar-refractivity contribution < 1.29 is 28.6 Å². The van der Waals surface area contributed by atoms with Gasteiger partial charge >= 0.3 is 40.9 Å². The molecule has 0 aliphatic heterocycles. The van der Waals surface area contributed by atoms with Crippen molar-refractivity contribution in [2.45, 2.75) is 25.2 Å². The highest BCUT2D eigenvalue weighted by Gasteiger charge is 2.46. The Hall–Kier alpha value is -2.13. The molecule has 0 amide bonds. The van der Waals surface area contributed by atoms with E-state index in [1.165, 1.54) is 0 Å². The van der Waals surface area contributed by atoms with Gasteiger partial charge in [0, 0.05) is 17.3 Å². The minimum atomic E-state index is -2.80. The summed E-state index contributed by atoms with van der Waals surface area (Å²) in [6, 6.07) is 0. The summed E-state index contributed by atoms with van der Waals surface area (Å²) in [5.41, 5.74) is -3.90. The average Bonchev–Trinajstić information content (AvgIpc) is 2.59. The van der Waals surface area contributed by atoms with Crippen LogP contribution in [0.5, 0.6) is 0 Å². The van der Waals surface area contributed by atoms with Gasteiger partial charge in [0.05, 0.1) is 19.3 Å². The number of nitrogens with one attached hydrogen (secondary N) is 2. The van der Waals surface area contributed by atoms with Crippen molar-refractivity contribution in [3.05, 3.63) is 31.5 Å². The number of carbonyl (C=O) groups excluding carboxylic acids is 3. The van der Waals surface area contributed by atoms with Crippen LogP contribution in [0.2, 0.25) is 0 Å². The van der Waals surface area contributed by atoms with Crippen molar-refractivity contribution >= 4 is 55.8 Å². The van der Waals surface area contributed by atoms with Gasteiger partial charge in [0.15, 0.2) is 6.61 Å². The van der Waals surface area contributed by atoms with Crippen molar-refractivity contribution in [1.29, 1.82) is 0 Å². The number of H-pyrrole nitrogens is 2. The van der Waals surface area contributed by atoms with E-state index < -0.39 is 47.5 Å². The fourth-order valence-electron chi connectivity index (χ4n) is 1.95. The molecule has 0 bridgehead atoms. The van der Waals surface area contributed by atoms with Gasteiger partial charge in [0.2, 0.25) is 0 Å². The third-order valence-corrected chi connectivity index (χ3v) is 3.77. The molecule has 15 heteroatoms. The van der Waals surface area contributed by atoms with Crippen LogP contribution >= 0.6 is 37.9 Å². The Morgan fingerprint density at radius 1 is 0.793 bits per heavy atom. The van der Waals surface area contributed by atoms with Crippen LogP contribution < -0.4 is 17.1 Å². The maximum absolute atomic E-state index is 12.3. The lowest BCUT2D eigenvalue weighted by Gasteiger charge is -2.32. The van der Waals surface area contributed by atoms with E-state index in [4.69, 9.17) is 14.2 Å². The van der Waals surface area contributed by atoms with E-state index >= 15 is 0 Å². The quantitative estimate of drug-likeness (QED) is 0.146. The molecule has 0 radical (unpaired) electrons. The van der Waals surface area contributed by atoms with Crippen LogP contribution in [0.15, 0.2) is 14.4 Å². The molecule has 0 saturated heterocycles. The second kappa shape index (κ2) is 11.8. The van der Waals surface area contributed by atoms with E-state index in [9.17, 15) is 28.8 Å². The molecular weight excluding hydrogens is 450 g/mol. The maximum Gasteiger partial charge on any atom is 0.390 e. The molecule has 0 saturated carbocycles. The summed E-state index contributed by atoms with van der Waals surface area (Å²) in [6.07, 6.45) is -0.754. The predicted molar refractivity (Wildman–Crippen MR) is 108 cm³/mol. The lowest BCUT2D eigenvalue weighted by Crippen LogP contribution is -2.59. The van der Waals surface area contributed by atoms with Gasteiger partial charge < -0.3 is 14.2 Å². The van der Waals surface area contributed by atoms with E-state index in [-0.39, 0.29) is 41.1 Å². The molecule has 29 heavy (non-hydrogen) atoms. The lowest BCUT2D eigenvalue weighted by molar-refractivity contribution is -0.286. The number of ether oxygens (including phenoxy) is 3. The van der Waals surface area contributed by atoms with Crippen molar-refractivity contribution in [1.82, 2.24) is 14.5 Å². The molecule has 0 atom stereocenters. The SMILES string of the molecule is O=C(CCS)OCC(OC(=O)CCS)(OC(=O)CCS)n1c(=O)[nH]c(=O)[nH]c1=O. The van der Waals surface area contributed by atoms with E-state index in [1.807, 2.05) is 0 Å². The molecule has 0 aliphatic rings. The molecule has 0 aliphatic carbocycles. The Morgan fingerprint density at radius 2 is 1.21 bits per heavy atom. The Bertz CT molecular complexity index is 854. The second-order valence-electron chi connectivity index (χ2n) is 5.27. The van der Waals surface area contributed by atoms with E-state index in [0.717, 1.165) is 0 Å². The number of aromatic amines is 2. The Balaban J connectivity index is 3.58. The highest BCUT2D eigenvalue weighted by Crippen LogP contribution is 2.21. The normalized spacial score (nSPS) is 11.0. The van der Waals surface area contributed by atoms with Gasteiger partial charge in [0.25, 0.3) is 0 Å². The second-order valence-corrected chi connectivity index (χ2v) is 6.61. The molecule has 1 heterocycles. The van der Waals surface area contributed by atoms with E-state index in [0.29, 0.717) is 0 Å². The molecule has 1 aromatic heterocycles. The van der Waals surface area contributed by atoms with Crippen LogP contribution in [-0.2, 0) is 34.5 Å². The van der Waals surface area contributed by atoms with Gasteiger partial charge in [-0.3, -0.25) is 24.4 Å². The van der Waals surface area contributed by atoms with Gasteiger partial charge in [-0.2, -0.15) is 42.5 Å². The molecule has 0 fully saturated rings. The standard InChI is InChI=1S/C14H19N3O9S3/c18-8(1-4-27)24-7-14(25-9(19)2-5-28,26-10(20)3-6-29)17-12(22)15-11(21)16-13(17)23/h27-29H,1-7H2,(H2,15,16,21,22,23). The number of thiol groups is 3. The zero-order chi connectivity index (χ0) is 22.0. The summed E-state index contributed by atoms with van der Waals surface area (Å²) in [7, 11) is 0. The summed E-state index contributed by atoms with van der Waals surface area (Å²) in [5, 5.41) is 0. The summed E-state index contributed by atoms with van der Waals surface area (Å²) in [5.74, 6) is -5.53. The first kappa shape index (κ1) is 24.9. The molecule has 0 unspecified atom stereocenters. The zero-order valence-corrected chi connectivity index (χ0v) is 17.6. The summed E-state index contributed by atoms with van der Waals surface area (Å²) in [4.78, 5) is 75.3. The summed E-state index contributed by atoms with van der Waals surface area (Å²) < 4.78 is 15.2. The molecule has 1 rings (SSSR count). The van der Waals surface area contributed by atoms with Gasteiger partial charge in [-0.05, 0) is 0 Å². The first-order chi connectivity index (χ1) is 13.7. The number of hydrogen-bond acceptors (Lipinski definition) is 12. The lowest BCUT2D eigenvalue weighted by atomic mass is 10.4. The fraction of sp³-hybridized carbons (Fsp3) is 0.571. The van der Waals surface area contributed by atoms with Crippen LogP contribution in [-0.4, -0.2) is 56.3 Å². The highest BCUT2D eigenvalue weighted by atomic mass is 32.1. The molecule has 12 nitrogen and oxygen atoms in total. The minimum absolute atomic E-state index is 0.0236. The fourth-order valence-corrected chi connectivity index (χ4v) is 2.50. The molecule has 0 spiro atoms. The molecule has 2 N–H and O–H groups in total. The highest BCUT2D eigenvalue weighted by molar-refractivity contribution is 7.80. The first-order valence-electron chi connectivity index (χ1n) is 8.07. The third-order valence-electron chi connectivity index (χ3n) is 3.10. The van der Waals surface area contributed by atoms with Crippen molar-refractivity contribution in [3.8, 4) is 0 Å². The number of carbonyl (C=O) groups is 3. The van der Waals surface area contributed by atoms with Crippen LogP contribution in [0.3, 0.4) is 0 Å². The topological polar surface area (TPSA) is 167 Å². The molecule has 162 valence electrons. The molecule has 0 aromatic carbocycles. The monoisotopic (exact) mass is 469 g/mol. The number of aromatic nitrogens is 3. The molecular formula is C14H19N3O9S3. The van der Waals surface area contributed by atoms with Crippen LogP contribution in [0.1, 0.15) is 19.3 Å². The maximum atomic E-state index is 12.3. The molecule has 1 aromatic rings. The third kappa shape index (κ3) is 7.32. The zero-order valence-electron chi connectivity index (χ0n) is 14.9. The number of nitrogens with zero attached hydrogens (tertiary/aromatic N) is 1. The van der Waals surface area contributed by atoms with Crippen molar-refractivity contribution in [2.75, 3.05) is 23.9 Å². The predicted octanol–water partition coefficient (Wildman–Crippen LogP) is -1.58. The Morgan fingerprint density at radius 3 is 1.62 bits per heavy atom. The average molecular weight is 470 g/mol. The Labute approximate surface area is 179 Å². The van der Waals surface area contributed by atoms with Gasteiger partial charge in [-0.25, -0.2) is 14.4 Å². The number of hydrogen-bond donors (Lipinski definition) is 5.